The second-order valence-corrected chi connectivity index (χ2v) is 9.55. The molecule has 4 nitrogen and oxygen atoms in total. The lowest BCUT2D eigenvalue weighted by molar-refractivity contribution is 0.588. The van der Waals surface area contributed by atoms with Crippen molar-refractivity contribution in [2.24, 2.45) is 17.0 Å². The molecule has 1 aromatic rings. The van der Waals surface area contributed by atoms with E-state index in [1.54, 1.807) is 0 Å². The molecule has 0 heterocycles. The molecule has 0 aromatic heterocycles. The molecule has 0 spiro atoms. The lowest BCUT2D eigenvalue weighted by Gasteiger charge is -2.22. The first kappa shape index (κ1) is 20.6. The van der Waals surface area contributed by atoms with Crippen LogP contribution in [0, 0.1) is 23.2 Å². The van der Waals surface area contributed by atoms with Crippen molar-refractivity contribution in [2.75, 3.05) is 0 Å². The van der Waals surface area contributed by atoms with Crippen molar-refractivity contribution in [3.05, 3.63) is 25.6 Å². The average molecular weight is 466 g/mol. The van der Waals surface area contributed by atoms with Gasteiger partial charge < -0.3 is 0 Å². The van der Waals surface area contributed by atoms with Gasteiger partial charge in [-0.25, -0.2) is 13.6 Å². The number of rotatable bonds is 6. The van der Waals surface area contributed by atoms with Gasteiger partial charge in [0, 0.05) is 8.95 Å². The van der Waals surface area contributed by atoms with Gasteiger partial charge in [0.25, 0.3) is 0 Å². The van der Waals surface area contributed by atoms with Crippen molar-refractivity contribution >= 4 is 41.9 Å². The molecule has 0 amide bonds. The zero-order valence-electron chi connectivity index (χ0n) is 13.8. The fourth-order valence-electron chi connectivity index (χ4n) is 2.59. The van der Waals surface area contributed by atoms with Crippen LogP contribution >= 0.6 is 31.9 Å². The van der Waals surface area contributed by atoms with Gasteiger partial charge in [-0.1, -0.05) is 43.6 Å². The van der Waals surface area contributed by atoms with Gasteiger partial charge in [-0.05, 0) is 57.3 Å². The van der Waals surface area contributed by atoms with Crippen LogP contribution in [0.5, 0.6) is 0 Å². The summed E-state index contributed by atoms with van der Waals surface area (Å²) in [7, 11) is -3.90. The summed E-state index contributed by atoms with van der Waals surface area (Å²) in [5, 5.41) is 14.7. The lowest BCUT2D eigenvalue weighted by Crippen LogP contribution is -2.19. The zero-order chi connectivity index (χ0) is 17.9. The van der Waals surface area contributed by atoms with Crippen LogP contribution in [0.25, 0.3) is 0 Å². The number of primary sulfonamides is 1. The van der Waals surface area contributed by atoms with Crippen molar-refractivity contribution in [2.45, 2.75) is 51.9 Å². The van der Waals surface area contributed by atoms with Crippen molar-refractivity contribution < 1.29 is 8.42 Å². The van der Waals surface area contributed by atoms with E-state index in [0.717, 1.165) is 15.6 Å². The standard InChI is InChI=1S/C16H22Br2N2O2S/c1-9(2)7-12-11(5-6-19)14(17)13(8-10(3)4)15(18)16(12)23(20,21)22/h9-10H,5,7-8H2,1-4H3,(H2,20,21,22). The van der Waals surface area contributed by atoms with E-state index < -0.39 is 10.0 Å². The molecular formula is C16H22Br2N2O2S. The molecule has 0 bridgehead atoms. The van der Waals surface area contributed by atoms with E-state index in [4.69, 9.17) is 5.14 Å². The molecule has 128 valence electrons. The molecule has 0 unspecified atom stereocenters. The zero-order valence-corrected chi connectivity index (χ0v) is 17.8. The van der Waals surface area contributed by atoms with Crippen molar-refractivity contribution in [3.8, 4) is 6.07 Å². The molecule has 1 rings (SSSR count). The molecule has 23 heavy (non-hydrogen) atoms. The van der Waals surface area contributed by atoms with Gasteiger partial charge in [-0.2, -0.15) is 5.26 Å². The van der Waals surface area contributed by atoms with E-state index in [1.165, 1.54) is 0 Å². The highest BCUT2D eigenvalue weighted by molar-refractivity contribution is 9.11. The highest BCUT2D eigenvalue weighted by atomic mass is 79.9. The van der Waals surface area contributed by atoms with Crippen molar-refractivity contribution in [1.82, 2.24) is 0 Å². The molecule has 0 atom stereocenters. The monoisotopic (exact) mass is 464 g/mol. The topological polar surface area (TPSA) is 83.9 Å². The summed E-state index contributed by atoms with van der Waals surface area (Å²) < 4.78 is 25.7. The van der Waals surface area contributed by atoms with Crippen LogP contribution in [-0.4, -0.2) is 8.42 Å². The van der Waals surface area contributed by atoms with Gasteiger partial charge in [0.2, 0.25) is 10.0 Å². The number of nitrogens with two attached hydrogens (primary N) is 1. The van der Waals surface area contributed by atoms with Crippen LogP contribution in [0.1, 0.15) is 44.4 Å². The maximum absolute atomic E-state index is 12.2. The predicted molar refractivity (Wildman–Crippen MR) is 99.6 cm³/mol. The Morgan fingerprint density at radius 3 is 1.87 bits per heavy atom. The maximum atomic E-state index is 12.2. The number of nitriles is 1. The van der Waals surface area contributed by atoms with Crippen LogP contribution in [-0.2, 0) is 29.3 Å². The van der Waals surface area contributed by atoms with Crippen LogP contribution in [0.2, 0.25) is 0 Å². The Kier molecular flexibility index (Phi) is 7.27. The Morgan fingerprint density at radius 1 is 1.00 bits per heavy atom. The number of nitrogens with zero attached hydrogens (tertiary/aromatic N) is 1. The van der Waals surface area contributed by atoms with E-state index in [9.17, 15) is 13.7 Å². The molecule has 0 aliphatic carbocycles. The fourth-order valence-corrected chi connectivity index (χ4v) is 5.79. The summed E-state index contributed by atoms with van der Waals surface area (Å²) in [6, 6.07) is 2.14. The highest BCUT2D eigenvalue weighted by Crippen LogP contribution is 2.40. The summed E-state index contributed by atoms with van der Waals surface area (Å²) >= 11 is 7.04. The van der Waals surface area contributed by atoms with Crippen LogP contribution in [0.15, 0.2) is 13.8 Å². The first-order valence-corrected chi connectivity index (χ1v) is 10.5. The minimum atomic E-state index is -3.90. The molecular weight excluding hydrogens is 444 g/mol. The molecule has 0 saturated carbocycles. The molecule has 0 saturated heterocycles. The van der Waals surface area contributed by atoms with Crippen molar-refractivity contribution in [1.29, 1.82) is 5.26 Å². The fraction of sp³-hybridized carbons (Fsp3) is 0.562. The normalized spacial score (nSPS) is 12.0. The second kappa shape index (κ2) is 8.11. The van der Waals surface area contributed by atoms with Crippen LogP contribution < -0.4 is 5.14 Å². The van der Waals surface area contributed by atoms with Gasteiger partial charge >= 0.3 is 0 Å². The van der Waals surface area contributed by atoms with Crippen molar-refractivity contribution in [3.63, 3.8) is 0 Å². The third kappa shape index (κ3) is 5.02. The summed E-state index contributed by atoms with van der Waals surface area (Å²) in [6.07, 6.45) is 1.37. The Labute approximate surface area is 155 Å². The molecule has 1 aromatic carbocycles. The average Bonchev–Trinajstić information content (AvgIpc) is 2.37. The SMILES string of the molecule is CC(C)Cc1c(Br)c(CC#N)c(CC(C)C)c(S(N)(=O)=O)c1Br. The highest BCUT2D eigenvalue weighted by Gasteiger charge is 2.27. The summed E-state index contributed by atoms with van der Waals surface area (Å²) in [6.45, 7) is 8.13. The molecule has 0 radical (unpaired) electrons. The van der Waals surface area contributed by atoms with E-state index >= 15 is 0 Å². The van der Waals surface area contributed by atoms with E-state index in [0.29, 0.717) is 28.8 Å². The van der Waals surface area contributed by atoms with Gasteiger partial charge in [0.15, 0.2) is 0 Å². The Balaban J connectivity index is 3.89. The third-order valence-electron chi connectivity index (χ3n) is 3.40. The Hall–Kier alpha value is -0.420. The predicted octanol–water partition coefficient (Wildman–Crippen LogP) is 4.32. The number of hydrogen-bond donors (Lipinski definition) is 1. The lowest BCUT2D eigenvalue weighted by atomic mass is 9.92. The van der Waals surface area contributed by atoms with Crippen LogP contribution in [0.4, 0.5) is 0 Å². The summed E-state index contributed by atoms with van der Waals surface area (Å²) in [5.74, 6) is 0.574. The minimum absolute atomic E-state index is 0.121. The number of hydrogen-bond acceptors (Lipinski definition) is 3. The van der Waals surface area contributed by atoms with E-state index in [2.05, 4.69) is 51.8 Å². The van der Waals surface area contributed by atoms with Gasteiger partial charge in [-0.3, -0.25) is 0 Å². The maximum Gasteiger partial charge on any atom is 0.239 e. The first-order valence-electron chi connectivity index (χ1n) is 7.41. The van der Waals surface area contributed by atoms with E-state index in [-0.39, 0.29) is 17.2 Å². The van der Waals surface area contributed by atoms with Gasteiger partial charge in [0.05, 0.1) is 17.4 Å². The minimum Gasteiger partial charge on any atom is -0.225 e. The van der Waals surface area contributed by atoms with E-state index in [1.807, 2.05) is 13.8 Å². The second-order valence-electron chi connectivity index (χ2n) is 6.47. The molecule has 0 fully saturated rings. The largest absolute Gasteiger partial charge is 0.239 e. The number of sulfonamides is 1. The Bertz CT molecular complexity index is 736. The molecule has 0 aliphatic rings. The number of benzene rings is 1. The molecule has 2 N–H and O–H groups in total. The Morgan fingerprint density at radius 2 is 1.48 bits per heavy atom. The first-order chi connectivity index (χ1) is 10.5. The quantitative estimate of drug-likeness (QED) is 0.678. The molecule has 0 aliphatic heterocycles. The van der Waals surface area contributed by atoms with Gasteiger partial charge in [0.1, 0.15) is 0 Å². The summed E-state index contributed by atoms with van der Waals surface area (Å²) in [4.78, 5) is 0.121. The smallest absolute Gasteiger partial charge is 0.225 e. The van der Waals surface area contributed by atoms with Gasteiger partial charge in [-0.15, -0.1) is 0 Å². The third-order valence-corrected chi connectivity index (χ3v) is 6.51. The van der Waals surface area contributed by atoms with Crippen LogP contribution in [0.3, 0.4) is 0 Å². The molecule has 7 heteroatoms. The number of halogens is 2. The summed E-state index contributed by atoms with van der Waals surface area (Å²) in [5.41, 5.74) is 2.21.